The van der Waals surface area contributed by atoms with Crippen molar-refractivity contribution in [1.82, 2.24) is 29.3 Å². The molecule has 182 valence electrons. The van der Waals surface area contributed by atoms with Crippen molar-refractivity contribution in [3.8, 4) is 34.0 Å². The molecular weight excluding hydrogens is 465 g/mol. The third kappa shape index (κ3) is 4.11. The summed E-state index contributed by atoms with van der Waals surface area (Å²) in [5.74, 6) is 0.307. The molecular formula is C25H22FN7O3. The van der Waals surface area contributed by atoms with E-state index in [0.29, 0.717) is 34.0 Å². The maximum atomic E-state index is 14.7. The van der Waals surface area contributed by atoms with Crippen LogP contribution in [-0.2, 0) is 7.05 Å². The van der Waals surface area contributed by atoms with Gasteiger partial charge in [-0.25, -0.2) is 24.0 Å². The van der Waals surface area contributed by atoms with Gasteiger partial charge in [-0.2, -0.15) is 5.10 Å². The van der Waals surface area contributed by atoms with Gasteiger partial charge in [0.05, 0.1) is 31.8 Å². The van der Waals surface area contributed by atoms with Crippen molar-refractivity contribution in [3.63, 3.8) is 0 Å². The normalized spacial score (nSPS) is 11.0. The van der Waals surface area contributed by atoms with E-state index in [4.69, 9.17) is 9.47 Å². The molecule has 0 fully saturated rings. The van der Waals surface area contributed by atoms with Gasteiger partial charge in [0.2, 0.25) is 11.9 Å². The first-order chi connectivity index (χ1) is 17.4. The highest BCUT2D eigenvalue weighted by atomic mass is 19.1. The van der Waals surface area contributed by atoms with Crippen LogP contribution in [0.25, 0.3) is 33.5 Å². The summed E-state index contributed by atoms with van der Waals surface area (Å²) in [6.45, 7) is 1.42. The number of pyridine rings is 1. The van der Waals surface area contributed by atoms with E-state index in [1.54, 1.807) is 30.6 Å². The average molecular weight is 487 g/mol. The number of carbonyl (C=O) groups excluding carboxylic acids is 1. The van der Waals surface area contributed by atoms with E-state index in [9.17, 15) is 9.18 Å². The van der Waals surface area contributed by atoms with Gasteiger partial charge < -0.3 is 19.4 Å². The Hall–Kier alpha value is -4.80. The number of methoxy groups -OCH3 is 2. The first-order valence-electron chi connectivity index (χ1n) is 10.9. The van der Waals surface area contributed by atoms with Gasteiger partial charge in [-0.15, -0.1) is 0 Å². The number of anilines is 2. The first kappa shape index (κ1) is 23.0. The minimum atomic E-state index is -0.571. The minimum absolute atomic E-state index is 0.114. The van der Waals surface area contributed by atoms with Crippen molar-refractivity contribution in [2.75, 3.05) is 19.5 Å². The average Bonchev–Trinajstić information content (AvgIpc) is 3.52. The van der Waals surface area contributed by atoms with Crippen LogP contribution in [0.15, 0.2) is 55.1 Å². The summed E-state index contributed by atoms with van der Waals surface area (Å²) >= 11 is 0. The number of nitrogens with one attached hydrogen (secondary N) is 1. The fourth-order valence-electron chi connectivity index (χ4n) is 3.87. The maximum Gasteiger partial charge on any atom is 0.243 e. The summed E-state index contributed by atoms with van der Waals surface area (Å²) in [7, 11) is 4.93. The molecule has 1 N–H and O–H groups in total. The minimum Gasteiger partial charge on any atom is -0.496 e. The van der Waals surface area contributed by atoms with Crippen molar-refractivity contribution in [3.05, 3.63) is 60.9 Å². The summed E-state index contributed by atoms with van der Waals surface area (Å²) in [6.07, 6.45) is 6.15. The van der Waals surface area contributed by atoms with Crippen LogP contribution in [0.2, 0.25) is 0 Å². The van der Waals surface area contributed by atoms with E-state index in [2.05, 4.69) is 25.4 Å². The van der Waals surface area contributed by atoms with Crippen LogP contribution in [0.1, 0.15) is 11.7 Å². The summed E-state index contributed by atoms with van der Waals surface area (Å²) in [4.78, 5) is 24.5. The van der Waals surface area contributed by atoms with Crippen molar-refractivity contribution < 1.29 is 18.7 Å². The predicted octanol–water partition coefficient (Wildman–Crippen LogP) is 4.45. The van der Waals surface area contributed by atoms with Crippen LogP contribution < -0.4 is 14.8 Å². The Bertz CT molecular complexity index is 1610. The Morgan fingerprint density at radius 1 is 1.03 bits per heavy atom. The van der Waals surface area contributed by atoms with Gasteiger partial charge in [-0.1, -0.05) is 0 Å². The topological polar surface area (TPSA) is 109 Å². The SMILES string of the molecule is COc1cc(-c2ccn(C(C)=O)n2)c(OC)cc1Nc1ncc(F)c(-c2cnc3c(ccn3C)c2)n1. The summed E-state index contributed by atoms with van der Waals surface area (Å²) < 4.78 is 28.9. The van der Waals surface area contributed by atoms with Crippen molar-refractivity contribution >= 4 is 28.6 Å². The van der Waals surface area contributed by atoms with Crippen molar-refractivity contribution in [2.45, 2.75) is 6.92 Å². The van der Waals surface area contributed by atoms with E-state index in [-0.39, 0.29) is 17.5 Å². The molecule has 10 nitrogen and oxygen atoms in total. The molecule has 0 aliphatic rings. The van der Waals surface area contributed by atoms with Gasteiger partial charge in [0.25, 0.3) is 0 Å². The van der Waals surface area contributed by atoms with Gasteiger partial charge >= 0.3 is 0 Å². The molecule has 4 heterocycles. The molecule has 0 aliphatic carbocycles. The van der Waals surface area contributed by atoms with Gasteiger partial charge in [0.1, 0.15) is 22.8 Å². The molecule has 0 aliphatic heterocycles. The zero-order valence-electron chi connectivity index (χ0n) is 20.0. The maximum absolute atomic E-state index is 14.7. The summed E-state index contributed by atoms with van der Waals surface area (Å²) in [5.41, 5.74) is 3.09. The molecule has 4 aromatic heterocycles. The Balaban J connectivity index is 1.51. The standard InChI is InChI=1S/C25H22FN7O3/c1-14(34)33-8-6-19(31-33)17-10-22(36-4)20(11-21(17)35-3)29-25-28-13-18(26)23(30-25)16-9-15-5-7-32(2)24(15)27-12-16/h5-13H,1-4H3,(H,28,29,30). The van der Waals surface area contributed by atoms with Crippen molar-refractivity contribution in [1.29, 1.82) is 0 Å². The number of nitrogens with zero attached hydrogens (tertiary/aromatic N) is 6. The van der Waals surface area contributed by atoms with E-state index in [0.717, 1.165) is 17.2 Å². The molecule has 11 heteroatoms. The van der Waals surface area contributed by atoms with Crippen LogP contribution >= 0.6 is 0 Å². The number of aryl methyl sites for hydroxylation is 1. The number of rotatable bonds is 6. The highest BCUT2D eigenvalue weighted by Crippen LogP contribution is 2.39. The number of fused-ring (bicyclic) bond motifs is 1. The highest BCUT2D eigenvalue weighted by molar-refractivity contribution is 5.82. The number of ether oxygens (including phenoxy) is 2. The van der Waals surface area contributed by atoms with Gasteiger partial charge in [-0.05, 0) is 24.3 Å². The van der Waals surface area contributed by atoms with Crippen LogP contribution in [0.3, 0.4) is 0 Å². The second kappa shape index (κ2) is 9.10. The van der Waals surface area contributed by atoms with Gasteiger partial charge in [0.15, 0.2) is 5.82 Å². The predicted molar refractivity (Wildman–Crippen MR) is 132 cm³/mol. The third-order valence-electron chi connectivity index (χ3n) is 5.68. The van der Waals surface area contributed by atoms with Gasteiger partial charge in [-0.3, -0.25) is 4.79 Å². The molecule has 5 rings (SSSR count). The van der Waals surface area contributed by atoms with Crippen LogP contribution in [-0.4, -0.2) is 49.4 Å². The Morgan fingerprint density at radius 2 is 1.83 bits per heavy atom. The van der Waals surface area contributed by atoms with Gasteiger partial charge in [0, 0.05) is 55.1 Å². The lowest BCUT2D eigenvalue weighted by Crippen LogP contribution is -2.06. The second-order valence-electron chi connectivity index (χ2n) is 8.00. The Labute approximate surface area is 205 Å². The van der Waals surface area contributed by atoms with E-state index in [1.165, 1.54) is 25.8 Å². The number of aromatic nitrogens is 6. The quantitative estimate of drug-likeness (QED) is 0.374. The molecule has 5 aromatic rings. The summed E-state index contributed by atoms with van der Waals surface area (Å²) in [6, 6.07) is 8.87. The van der Waals surface area contributed by atoms with Crippen LogP contribution in [0.5, 0.6) is 11.5 Å². The smallest absolute Gasteiger partial charge is 0.243 e. The largest absolute Gasteiger partial charge is 0.496 e. The molecule has 0 spiro atoms. The van der Waals surface area contributed by atoms with Crippen LogP contribution in [0.4, 0.5) is 16.0 Å². The van der Waals surface area contributed by atoms with E-state index < -0.39 is 5.82 Å². The first-order valence-corrected chi connectivity index (χ1v) is 10.9. The molecule has 36 heavy (non-hydrogen) atoms. The molecule has 0 radical (unpaired) electrons. The molecule has 0 amide bonds. The number of benzene rings is 1. The lowest BCUT2D eigenvalue weighted by Gasteiger charge is -2.15. The monoisotopic (exact) mass is 487 g/mol. The molecule has 0 unspecified atom stereocenters. The Kier molecular flexibility index (Phi) is 5.80. The fourth-order valence-corrected chi connectivity index (χ4v) is 3.87. The zero-order chi connectivity index (χ0) is 25.4. The lowest BCUT2D eigenvalue weighted by atomic mass is 10.1. The number of halogens is 1. The molecule has 0 atom stereocenters. The van der Waals surface area contributed by atoms with Crippen molar-refractivity contribution in [2.24, 2.45) is 7.05 Å². The lowest BCUT2D eigenvalue weighted by molar-refractivity contribution is 0.0921. The summed E-state index contributed by atoms with van der Waals surface area (Å²) in [5, 5.41) is 8.25. The zero-order valence-corrected chi connectivity index (χ0v) is 20.0. The van der Waals surface area contributed by atoms with E-state index in [1.807, 2.05) is 29.9 Å². The molecule has 1 aromatic carbocycles. The number of hydrogen-bond donors (Lipinski definition) is 1. The molecule has 0 saturated heterocycles. The third-order valence-corrected chi connectivity index (χ3v) is 5.68. The highest BCUT2D eigenvalue weighted by Gasteiger charge is 2.18. The fraction of sp³-hybridized carbons (Fsp3) is 0.160. The van der Waals surface area contributed by atoms with E-state index >= 15 is 0 Å². The Morgan fingerprint density at radius 3 is 2.56 bits per heavy atom. The number of carbonyl (C=O) groups is 1. The van der Waals surface area contributed by atoms with Crippen LogP contribution in [0, 0.1) is 5.82 Å². The molecule has 0 bridgehead atoms. The second-order valence-corrected chi connectivity index (χ2v) is 8.00. The number of hydrogen-bond acceptors (Lipinski definition) is 8. The molecule has 0 saturated carbocycles.